The molecule has 2 unspecified atom stereocenters. The Hall–Kier alpha value is -1.41. The van der Waals surface area contributed by atoms with Gasteiger partial charge >= 0.3 is 0 Å². The standard InChI is InChI=1S/C14H17N3O3S/c15-16-21(18,19)10-3-1-9(2-4-10)17-7-11-12(8-17)14-6-5-13(11)20-14/h1-6,11-14,16H,7-8,15H2/t11-,12+,13?,14?. The Morgan fingerprint density at radius 1 is 1.10 bits per heavy atom. The molecule has 1 aromatic carbocycles. The molecule has 3 N–H and O–H groups in total. The third-order valence-electron chi connectivity index (χ3n) is 4.73. The Bertz CT molecular complexity index is 666. The summed E-state index contributed by atoms with van der Waals surface area (Å²) in [6, 6.07) is 6.84. The highest BCUT2D eigenvalue weighted by Gasteiger charge is 2.50. The minimum absolute atomic E-state index is 0.179. The van der Waals surface area contributed by atoms with Gasteiger partial charge in [0.25, 0.3) is 10.0 Å². The molecule has 2 saturated heterocycles. The van der Waals surface area contributed by atoms with Gasteiger partial charge in [0.05, 0.1) is 17.1 Å². The van der Waals surface area contributed by atoms with Gasteiger partial charge in [-0.2, -0.15) is 4.83 Å². The second kappa shape index (κ2) is 4.54. The minimum atomic E-state index is -3.58. The predicted molar refractivity (Wildman–Crippen MR) is 77.9 cm³/mol. The van der Waals surface area contributed by atoms with E-state index in [1.54, 1.807) is 12.1 Å². The summed E-state index contributed by atoms with van der Waals surface area (Å²) in [5.41, 5.74) is 1.04. The van der Waals surface area contributed by atoms with Gasteiger partial charge < -0.3 is 9.64 Å². The molecule has 4 rings (SSSR count). The summed E-state index contributed by atoms with van der Waals surface area (Å²) < 4.78 is 29.1. The fourth-order valence-corrected chi connectivity index (χ4v) is 4.27. The van der Waals surface area contributed by atoms with Crippen molar-refractivity contribution in [3.8, 4) is 0 Å². The number of fused-ring (bicyclic) bond motifs is 5. The first-order chi connectivity index (χ1) is 10.1. The van der Waals surface area contributed by atoms with E-state index in [4.69, 9.17) is 10.6 Å². The van der Waals surface area contributed by atoms with Crippen molar-refractivity contribution in [2.75, 3.05) is 18.0 Å². The van der Waals surface area contributed by atoms with Crippen molar-refractivity contribution in [2.45, 2.75) is 17.1 Å². The molecule has 0 radical (unpaired) electrons. The number of ether oxygens (including phenoxy) is 1. The summed E-state index contributed by atoms with van der Waals surface area (Å²) in [5, 5.41) is 0. The first kappa shape index (κ1) is 13.3. The number of hydrazine groups is 1. The van der Waals surface area contributed by atoms with E-state index in [2.05, 4.69) is 17.1 Å². The maximum atomic E-state index is 11.6. The van der Waals surface area contributed by atoms with Crippen LogP contribution in [0.15, 0.2) is 41.3 Å². The van der Waals surface area contributed by atoms with E-state index >= 15 is 0 Å². The van der Waals surface area contributed by atoms with Gasteiger partial charge in [0.15, 0.2) is 0 Å². The van der Waals surface area contributed by atoms with Crippen LogP contribution in [0.1, 0.15) is 0 Å². The maximum Gasteiger partial charge on any atom is 0.253 e. The van der Waals surface area contributed by atoms with E-state index in [9.17, 15) is 8.42 Å². The molecule has 6 nitrogen and oxygen atoms in total. The highest BCUT2D eigenvalue weighted by molar-refractivity contribution is 7.89. The summed E-state index contributed by atoms with van der Waals surface area (Å²) in [6.07, 6.45) is 4.84. The normalized spacial score (nSPS) is 33.7. The average Bonchev–Trinajstić information content (AvgIpc) is 3.19. The van der Waals surface area contributed by atoms with Crippen LogP contribution >= 0.6 is 0 Å². The second-order valence-electron chi connectivity index (χ2n) is 5.80. The number of nitrogens with zero attached hydrogens (tertiary/aromatic N) is 1. The lowest BCUT2D eigenvalue weighted by atomic mass is 9.86. The average molecular weight is 307 g/mol. The molecule has 0 amide bonds. The van der Waals surface area contributed by atoms with Gasteiger partial charge in [-0.1, -0.05) is 12.2 Å². The highest BCUT2D eigenvalue weighted by atomic mass is 32.2. The molecule has 0 aromatic heterocycles. The Labute approximate surface area is 123 Å². The number of hydrogen-bond acceptors (Lipinski definition) is 5. The van der Waals surface area contributed by atoms with Gasteiger partial charge in [-0.25, -0.2) is 8.42 Å². The van der Waals surface area contributed by atoms with Crippen LogP contribution in [0.3, 0.4) is 0 Å². The number of anilines is 1. The van der Waals surface area contributed by atoms with Crippen LogP contribution in [-0.2, 0) is 14.8 Å². The highest BCUT2D eigenvalue weighted by Crippen LogP contribution is 2.44. The van der Waals surface area contributed by atoms with Crippen molar-refractivity contribution in [3.05, 3.63) is 36.4 Å². The van der Waals surface area contributed by atoms with E-state index < -0.39 is 10.0 Å². The van der Waals surface area contributed by atoms with E-state index in [-0.39, 0.29) is 17.1 Å². The topological polar surface area (TPSA) is 84.7 Å². The molecule has 0 spiro atoms. The molecule has 112 valence electrons. The second-order valence-corrected chi connectivity index (χ2v) is 7.51. The molecule has 21 heavy (non-hydrogen) atoms. The number of nitrogens with one attached hydrogen (secondary N) is 1. The molecule has 3 heterocycles. The predicted octanol–water partition coefficient (Wildman–Crippen LogP) is 0.228. The van der Waals surface area contributed by atoms with Gasteiger partial charge in [-0.05, 0) is 24.3 Å². The van der Waals surface area contributed by atoms with Crippen LogP contribution in [0.25, 0.3) is 0 Å². The van der Waals surface area contributed by atoms with Gasteiger partial charge in [0.2, 0.25) is 0 Å². The van der Waals surface area contributed by atoms with Crippen LogP contribution < -0.4 is 15.6 Å². The molecule has 7 heteroatoms. The Kier molecular flexibility index (Phi) is 2.87. The maximum absolute atomic E-state index is 11.6. The van der Waals surface area contributed by atoms with Crippen LogP contribution in [0.4, 0.5) is 5.69 Å². The lowest BCUT2D eigenvalue weighted by molar-refractivity contribution is 0.100. The molecule has 0 aliphatic carbocycles. The summed E-state index contributed by atoms with van der Waals surface area (Å²) >= 11 is 0. The van der Waals surface area contributed by atoms with Crippen LogP contribution in [-0.4, -0.2) is 33.7 Å². The van der Waals surface area contributed by atoms with Crippen LogP contribution in [0, 0.1) is 11.8 Å². The number of benzene rings is 1. The zero-order valence-electron chi connectivity index (χ0n) is 11.3. The summed E-state index contributed by atoms with van der Waals surface area (Å²) in [5.74, 6) is 6.13. The monoisotopic (exact) mass is 307 g/mol. The smallest absolute Gasteiger partial charge is 0.253 e. The van der Waals surface area contributed by atoms with Crippen molar-refractivity contribution < 1.29 is 13.2 Å². The van der Waals surface area contributed by atoms with E-state index in [1.807, 2.05) is 17.0 Å². The van der Waals surface area contributed by atoms with Gasteiger partial charge in [-0.3, -0.25) is 5.84 Å². The molecule has 3 aliphatic heterocycles. The lowest BCUT2D eigenvalue weighted by Crippen LogP contribution is -2.30. The molecule has 3 aliphatic rings. The Morgan fingerprint density at radius 2 is 1.67 bits per heavy atom. The van der Waals surface area contributed by atoms with E-state index in [0.29, 0.717) is 11.8 Å². The zero-order valence-corrected chi connectivity index (χ0v) is 12.2. The van der Waals surface area contributed by atoms with Crippen molar-refractivity contribution >= 4 is 15.7 Å². The van der Waals surface area contributed by atoms with Crippen LogP contribution in [0.2, 0.25) is 0 Å². The van der Waals surface area contributed by atoms with Crippen molar-refractivity contribution in [1.82, 2.24) is 4.83 Å². The van der Waals surface area contributed by atoms with Gasteiger partial charge in [0.1, 0.15) is 0 Å². The van der Waals surface area contributed by atoms with Crippen molar-refractivity contribution in [3.63, 3.8) is 0 Å². The third-order valence-corrected chi connectivity index (χ3v) is 5.93. The summed E-state index contributed by atoms with van der Waals surface area (Å²) in [4.78, 5) is 4.31. The number of sulfonamides is 1. The molecule has 1 aromatic rings. The lowest BCUT2D eigenvalue weighted by Gasteiger charge is -2.21. The molecular weight excluding hydrogens is 290 g/mol. The van der Waals surface area contributed by atoms with Gasteiger partial charge in [0, 0.05) is 30.6 Å². The number of rotatable bonds is 3. The first-order valence-electron chi connectivity index (χ1n) is 7.00. The summed E-state index contributed by atoms with van der Waals surface area (Å²) in [7, 11) is -3.58. The van der Waals surface area contributed by atoms with Gasteiger partial charge in [-0.15, -0.1) is 0 Å². The SMILES string of the molecule is NNS(=O)(=O)c1ccc(N2C[C@@H]3C4C=CC(O4)[C@@H]3C2)cc1. The molecule has 2 fully saturated rings. The summed E-state index contributed by atoms with van der Waals surface area (Å²) in [6.45, 7) is 1.91. The minimum Gasteiger partial charge on any atom is -0.371 e. The molecule has 0 saturated carbocycles. The van der Waals surface area contributed by atoms with Crippen LogP contribution in [0.5, 0.6) is 0 Å². The number of hydrogen-bond donors (Lipinski definition) is 2. The third kappa shape index (κ3) is 2.00. The zero-order chi connectivity index (χ0) is 14.6. The van der Waals surface area contributed by atoms with Crippen molar-refractivity contribution in [1.29, 1.82) is 0 Å². The largest absolute Gasteiger partial charge is 0.371 e. The Balaban J connectivity index is 1.54. The van der Waals surface area contributed by atoms with E-state index in [0.717, 1.165) is 18.8 Å². The molecule has 4 atom stereocenters. The Morgan fingerprint density at radius 3 is 2.19 bits per heavy atom. The fraction of sp³-hybridized carbons (Fsp3) is 0.429. The van der Waals surface area contributed by atoms with Crippen molar-refractivity contribution in [2.24, 2.45) is 17.7 Å². The van der Waals surface area contributed by atoms with E-state index in [1.165, 1.54) is 0 Å². The molecule has 2 bridgehead atoms. The number of nitrogens with two attached hydrogens (primary N) is 1. The molecular formula is C14H17N3O3S. The quantitative estimate of drug-likeness (QED) is 0.474. The first-order valence-corrected chi connectivity index (χ1v) is 8.48. The fourth-order valence-electron chi connectivity index (χ4n) is 3.64.